The van der Waals surface area contributed by atoms with Gasteiger partial charge in [0, 0.05) is 18.5 Å². The van der Waals surface area contributed by atoms with Gasteiger partial charge in [-0.1, -0.05) is 26.0 Å². The summed E-state index contributed by atoms with van der Waals surface area (Å²) in [5, 5.41) is 5.49. The van der Waals surface area contributed by atoms with Gasteiger partial charge in [0.1, 0.15) is 17.5 Å². The van der Waals surface area contributed by atoms with E-state index in [1.807, 2.05) is 23.1 Å². The first-order valence-electron chi connectivity index (χ1n) is 8.68. The number of benzene rings is 1. The van der Waals surface area contributed by atoms with E-state index in [1.165, 1.54) is 6.20 Å². The fourth-order valence-corrected chi connectivity index (χ4v) is 3.94. The van der Waals surface area contributed by atoms with Crippen LogP contribution < -0.4 is 5.63 Å². The molecule has 4 rings (SSSR count). The lowest BCUT2D eigenvalue weighted by atomic mass is 9.92. The van der Waals surface area contributed by atoms with Gasteiger partial charge in [0.05, 0.1) is 11.7 Å². The maximum atomic E-state index is 12.8. The van der Waals surface area contributed by atoms with Gasteiger partial charge in [-0.05, 0) is 30.4 Å². The highest BCUT2D eigenvalue weighted by molar-refractivity contribution is 6.02. The van der Waals surface area contributed by atoms with Crippen molar-refractivity contribution in [2.45, 2.75) is 26.8 Å². The Labute approximate surface area is 145 Å². The molecule has 0 bridgehead atoms. The first-order chi connectivity index (χ1) is 12.0. The fraction of sp³-hybridized carbons (Fsp3) is 0.421. The quantitative estimate of drug-likeness (QED) is 0.673. The van der Waals surface area contributed by atoms with Crippen LogP contribution in [-0.4, -0.2) is 33.7 Å². The van der Waals surface area contributed by atoms with Crippen molar-refractivity contribution in [3.8, 4) is 0 Å². The van der Waals surface area contributed by atoms with Crippen molar-refractivity contribution in [3.05, 3.63) is 40.9 Å². The molecule has 2 aromatic heterocycles. The number of fused-ring (bicyclic) bond motifs is 3. The van der Waals surface area contributed by atoms with E-state index in [4.69, 9.17) is 4.42 Å². The summed E-state index contributed by atoms with van der Waals surface area (Å²) < 4.78 is 6.96. The van der Waals surface area contributed by atoms with E-state index < -0.39 is 5.63 Å². The van der Waals surface area contributed by atoms with E-state index in [-0.39, 0.29) is 12.5 Å². The molecule has 1 aliphatic rings. The van der Waals surface area contributed by atoms with Gasteiger partial charge in [0.2, 0.25) is 5.91 Å². The van der Waals surface area contributed by atoms with Crippen molar-refractivity contribution >= 4 is 27.8 Å². The average molecular weight is 339 g/mol. The van der Waals surface area contributed by atoms with Crippen LogP contribution in [0.5, 0.6) is 0 Å². The normalized spacial score (nSPS) is 21.1. The zero-order chi connectivity index (χ0) is 17.6. The average Bonchev–Trinajstić information content (AvgIpc) is 2.99. The minimum atomic E-state index is -0.424. The maximum absolute atomic E-state index is 12.8. The molecular formula is C19H21N3O3. The molecule has 1 fully saturated rings. The van der Waals surface area contributed by atoms with Crippen LogP contribution in [0.15, 0.2) is 39.7 Å². The second-order valence-electron chi connectivity index (χ2n) is 7.19. The largest absolute Gasteiger partial charge is 0.422 e. The van der Waals surface area contributed by atoms with Gasteiger partial charge in [-0.2, -0.15) is 5.10 Å². The third kappa shape index (κ3) is 2.81. The molecule has 0 radical (unpaired) electrons. The number of nitrogens with zero attached hydrogens (tertiary/aromatic N) is 3. The van der Waals surface area contributed by atoms with Crippen LogP contribution in [0.3, 0.4) is 0 Å². The van der Waals surface area contributed by atoms with Crippen molar-refractivity contribution < 1.29 is 9.21 Å². The molecule has 130 valence electrons. The maximum Gasteiger partial charge on any atom is 0.347 e. The predicted octanol–water partition coefficient (Wildman–Crippen LogP) is 2.65. The number of carbonyl (C=O) groups is 1. The summed E-state index contributed by atoms with van der Waals surface area (Å²) in [7, 11) is 0. The molecule has 1 aromatic carbocycles. The lowest BCUT2D eigenvalue weighted by Gasteiger charge is -2.35. The smallest absolute Gasteiger partial charge is 0.347 e. The van der Waals surface area contributed by atoms with Gasteiger partial charge in [0.15, 0.2) is 0 Å². The highest BCUT2D eigenvalue weighted by Gasteiger charge is 2.26. The summed E-state index contributed by atoms with van der Waals surface area (Å²) in [5.41, 5.74) is 0.750. The Bertz CT molecular complexity index is 994. The van der Waals surface area contributed by atoms with Crippen molar-refractivity contribution in [1.82, 2.24) is 14.7 Å². The SMILES string of the molecule is CC1CC(C)CN(C(=O)Cn2ncc3c(=O)oc4ccccc4c32)C1. The van der Waals surface area contributed by atoms with E-state index in [2.05, 4.69) is 18.9 Å². The number of amides is 1. The molecule has 2 unspecified atom stereocenters. The van der Waals surface area contributed by atoms with Gasteiger partial charge in [-0.25, -0.2) is 4.79 Å². The van der Waals surface area contributed by atoms with Crippen molar-refractivity contribution in [2.24, 2.45) is 11.8 Å². The molecule has 1 saturated heterocycles. The first kappa shape index (κ1) is 15.9. The molecule has 2 atom stereocenters. The highest BCUT2D eigenvalue weighted by Crippen LogP contribution is 2.24. The number of aromatic nitrogens is 2. The number of para-hydroxylation sites is 1. The summed E-state index contributed by atoms with van der Waals surface area (Å²) in [6.45, 7) is 6.06. The van der Waals surface area contributed by atoms with Crippen molar-refractivity contribution in [1.29, 1.82) is 0 Å². The van der Waals surface area contributed by atoms with Gasteiger partial charge in [-0.15, -0.1) is 0 Å². The molecule has 0 N–H and O–H groups in total. The number of piperidine rings is 1. The minimum absolute atomic E-state index is 0.0423. The highest BCUT2D eigenvalue weighted by atomic mass is 16.4. The van der Waals surface area contributed by atoms with Crippen molar-refractivity contribution in [2.75, 3.05) is 13.1 Å². The van der Waals surface area contributed by atoms with E-state index in [0.717, 1.165) is 24.9 Å². The number of rotatable bonds is 2. The molecule has 1 aliphatic heterocycles. The standard InChI is InChI=1S/C19H21N3O3/c1-12-7-13(2)10-21(9-12)17(23)11-22-18-14-5-3-4-6-16(14)25-19(24)15(18)8-20-22/h3-6,8,12-13H,7,9-11H2,1-2H3. The Balaban J connectivity index is 1.72. The number of likely N-dealkylation sites (tertiary alicyclic amines) is 1. The monoisotopic (exact) mass is 339 g/mol. The fourth-order valence-electron chi connectivity index (χ4n) is 3.94. The Morgan fingerprint density at radius 2 is 1.92 bits per heavy atom. The molecule has 25 heavy (non-hydrogen) atoms. The molecule has 6 heteroatoms. The van der Waals surface area contributed by atoms with Gasteiger partial charge >= 0.3 is 5.63 Å². The second kappa shape index (κ2) is 6.02. The summed E-state index contributed by atoms with van der Waals surface area (Å²) in [5.74, 6) is 1.06. The lowest BCUT2D eigenvalue weighted by molar-refractivity contribution is -0.134. The van der Waals surface area contributed by atoms with Crippen LogP contribution in [0.2, 0.25) is 0 Å². The minimum Gasteiger partial charge on any atom is -0.422 e. The molecule has 0 saturated carbocycles. The third-order valence-electron chi connectivity index (χ3n) is 4.91. The Morgan fingerprint density at radius 1 is 1.20 bits per heavy atom. The van der Waals surface area contributed by atoms with Crippen LogP contribution in [0, 0.1) is 11.8 Å². The Morgan fingerprint density at radius 3 is 2.68 bits per heavy atom. The zero-order valence-corrected chi connectivity index (χ0v) is 14.4. The summed E-state index contributed by atoms with van der Waals surface area (Å²) >= 11 is 0. The van der Waals surface area contributed by atoms with Gasteiger partial charge in [-0.3, -0.25) is 9.48 Å². The molecule has 1 amide bonds. The van der Waals surface area contributed by atoms with Crippen LogP contribution in [-0.2, 0) is 11.3 Å². The van der Waals surface area contributed by atoms with Crippen LogP contribution in [0.25, 0.3) is 21.9 Å². The van der Waals surface area contributed by atoms with Crippen LogP contribution in [0.4, 0.5) is 0 Å². The molecular weight excluding hydrogens is 318 g/mol. The lowest BCUT2D eigenvalue weighted by Crippen LogP contribution is -2.44. The second-order valence-corrected chi connectivity index (χ2v) is 7.19. The van der Waals surface area contributed by atoms with Gasteiger partial charge < -0.3 is 9.32 Å². The molecule has 3 heterocycles. The molecule has 6 nitrogen and oxygen atoms in total. The van der Waals surface area contributed by atoms with Crippen molar-refractivity contribution in [3.63, 3.8) is 0 Å². The summed E-state index contributed by atoms with van der Waals surface area (Å²) in [4.78, 5) is 26.9. The zero-order valence-electron chi connectivity index (χ0n) is 14.4. The summed E-state index contributed by atoms with van der Waals surface area (Å²) in [6.07, 6.45) is 2.64. The molecule has 0 aliphatic carbocycles. The van der Waals surface area contributed by atoms with Crippen LogP contribution in [0.1, 0.15) is 20.3 Å². The van der Waals surface area contributed by atoms with E-state index in [9.17, 15) is 9.59 Å². The number of hydrogen-bond donors (Lipinski definition) is 0. The number of carbonyl (C=O) groups excluding carboxylic acids is 1. The number of hydrogen-bond acceptors (Lipinski definition) is 4. The van der Waals surface area contributed by atoms with E-state index in [1.54, 1.807) is 10.7 Å². The third-order valence-corrected chi connectivity index (χ3v) is 4.91. The van der Waals surface area contributed by atoms with E-state index in [0.29, 0.717) is 28.3 Å². The van der Waals surface area contributed by atoms with Crippen LogP contribution >= 0.6 is 0 Å². The molecule has 0 spiro atoms. The van der Waals surface area contributed by atoms with E-state index >= 15 is 0 Å². The summed E-state index contributed by atoms with van der Waals surface area (Å²) in [6, 6.07) is 7.34. The Hall–Kier alpha value is -2.63. The first-order valence-corrected chi connectivity index (χ1v) is 8.68. The molecule has 3 aromatic rings. The Kier molecular flexibility index (Phi) is 3.82. The topological polar surface area (TPSA) is 68.3 Å². The predicted molar refractivity (Wildman–Crippen MR) is 95.3 cm³/mol. The van der Waals surface area contributed by atoms with Gasteiger partial charge in [0.25, 0.3) is 0 Å².